The smallest absolute Gasteiger partial charge is 0.166 e. The van der Waals surface area contributed by atoms with Crippen molar-refractivity contribution in [3.63, 3.8) is 0 Å². The highest BCUT2D eigenvalue weighted by Crippen LogP contribution is 2.35. The summed E-state index contributed by atoms with van der Waals surface area (Å²) in [5.74, 6) is -1.08. The SMILES string of the molecule is C=CCC[C@@H](c1cc(C#N)cc(F)c1O)N1CCNCC1. The van der Waals surface area contributed by atoms with Crippen LogP contribution in [0, 0.1) is 17.1 Å². The van der Waals surface area contributed by atoms with E-state index in [1.54, 1.807) is 6.07 Å². The van der Waals surface area contributed by atoms with E-state index in [4.69, 9.17) is 5.26 Å². The van der Waals surface area contributed by atoms with Gasteiger partial charge in [-0.2, -0.15) is 5.26 Å². The van der Waals surface area contributed by atoms with E-state index in [0.29, 0.717) is 5.56 Å². The first-order chi connectivity index (χ1) is 10.2. The number of phenolic OH excluding ortho intramolecular Hbond substituents is 1. The number of hydrogen-bond donors (Lipinski definition) is 2. The van der Waals surface area contributed by atoms with E-state index in [1.165, 1.54) is 0 Å². The number of benzene rings is 1. The van der Waals surface area contributed by atoms with Crippen LogP contribution in [0.1, 0.15) is 30.0 Å². The summed E-state index contributed by atoms with van der Waals surface area (Å²) in [6.45, 7) is 7.13. The number of nitrogens with zero attached hydrogens (tertiary/aromatic N) is 2. The summed E-state index contributed by atoms with van der Waals surface area (Å²) in [4.78, 5) is 2.22. The molecule has 1 fully saturated rings. The van der Waals surface area contributed by atoms with Crippen molar-refractivity contribution in [3.8, 4) is 11.8 Å². The Bertz CT molecular complexity index is 547. The molecule has 1 atom stereocenters. The molecule has 1 heterocycles. The lowest BCUT2D eigenvalue weighted by Crippen LogP contribution is -2.45. The monoisotopic (exact) mass is 289 g/mol. The molecule has 2 N–H and O–H groups in total. The minimum Gasteiger partial charge on any atom is -0.505 e. The molecule has 0 amide bonds. The molecule has 5 heteroatoms. The topological polar surface area (TPSA) is 59.3 Å². The number of piperazine rings is 1. The fourth-order valence-electron chi connectivity index (χ4n) is 2.74. The van der Waals surface area contributed by atoms with Crippen molar-refractivity contribution >= 4 is 0 Å². The zero-order valence-corrected chi connectivity index (χ0v) is 12.0. The Balaban J connectivity index is 2.37. The second-order valence-electron chi connectivity index (χ2n) is 5.18. The van der Waals surface area contributed by atoms with Gasteiger partial charge >= 0.3 is 0 Å². The van der Waals surface area contributed by atoms with Crippen LogP contribution in [-0.4, -0.2) is 36.2 Å². The number of hydrogen-bond acceptors (Lipinski definition) is 4. The maximum atomic E-state index is 13.8. The van der Waals surface area contributed by atoms with Gasteiger partial charge in [-0.15, -0.1) is 6.58 Å². The van der Waals surface area contributed by atoms with E-state index in [1.807, 2.05) is 12.1 Å². The van der Waals surface area contributed by atoms with Gasteiger partial charge in [0, 0.05) is 37.8 Å². The van der Waals surface area contributed by atoms with Gasteiger partial charge in [-0.3, -0.25) is 4.90 Å². The Labute approximate surface area is 124 Å². The van der Waals surface area contributed by atoms with Gasteiger partial charge < -0.3 is 10.4 Å². The van der Waals surface area contributed by atoms with Crippen molar-refractivity contribution in [1.82, 2.24) is 10.2 Å². The largest absolute Gasteiger partial charge is 0.505 e. The summed E-state index contributed by atoms with van der Waals surface area (Å²) >= 11 is 0. The lowest BCUT2D eigenvalue weighted by atomic mass is 9.96. The van der Waals surface area contributed by atoms with Crippen molar-refractivity contribution in [2.75, 3.05) is 26.2 Å². The highest BCUT2D eigenvalue weighted by molar-refractivity contribution is 5.44. The summed E-state index contributed by atoms with van der Waals surface area (Å²) in [6, 6.07) is 4.51. The third-order valence-corrected chi connectivity index (χ3v) is 3.82. The molecule has 0 spiro atoms. The predicted octanol–water partition coefficient (Wildman–Crippen LogP) is 2.32. The molecule has 1 aromatic carbocycles. The fourth-order valence-corrected chi connectivity index (χ4v) is 2.74. The van der Waals surface area contributed by atoms with Gasteiger partial charge in [-0.05, 0) is 25.0 Å². The Morgan fingerprint density at radius 1 is 1.48 bits per heavy atom. The first-order valence-corrected chi connectivity index (χ1v) is 7.15. The quantitative estimate of drug-likeness (QED) is 0.817. The van der Waals surface area contributed by atoms with Crippen molar-refractivity contribution < 1.29 is 9.50 Å². The number of allylic oxidation sites excluding steroid dienone is 1. The summed E-state index contributed by atoms with van der Waals surface area (Å²) in [5, 5.41) is 22.3. The molecule has 2 rings (SSSR count). The Hall–Kier alpha value is -1.90. The van der Waals surface area contributed by atoms with Gasteiger partial charge in [0.1, 0.15) is 0 Å². The number of aromatic hydroxyl groups is 1. The molecule has 0 radical (unpaired) electrons. The van der Waals surface area contributed by atoms with E-state index >= 15 is 0 Å². The molecule has 0 aromatic heterocycles. The molecular weight excluding hydrogens is 269 g/mol. The molecule has 0 aliphatic carbocycles. The van der Waals surface area contributed by atoms with Crippen molar-refractivity contribution in [2.45, 2.75) is 18.9 Å². The van der Waals surface area contributed by atoms with Crippen LogP contribution >= 0.6 is 0 Å². The van der Waals surface area contributed by atoms with Crippen LogP contribution in [0.25, 0.3) is 0 Å². The first-order valence-electron chi connectivity index (χ1n) is 7.15. The molecule has 0 saturated carbocycles. The molecule has 1 saturated heterocycles. The summed E-state index contributed by atoms with van der Waals surface area (Å²) < 4.78 is 13.8. The van der Waals surface area contributed by atoms with Crippen LogP contribution in [0.3, 0.4) is 0 Å². The van der Waals surface area contributed by atoms with Gasteiger partial charge in [-0.1, -0.05) is 6.08 Å². The average Bonchev–Trinajstić information content (AvgIpc) is 2.52. The molecular formula is C16H20FN3O. The second kappa shape index (κ2) is 7.21. The molecule has 112 valence electrons. The number of phenols is 1. The molecule has 0 bridgehead atoms. The Morgan fingerprint density at radius 3 is 2.81 bits per heavy atom. The maximum absolute atomic E-state index is 13.8. The summed E-state index contributed by atoms with van der Waals surface area (Å²) in [5.41, 5.74) is 0.731. The van der Waals surface area contributed by atoms with Crippen LogP contribution in [-0.2, 0) is 0 Å². The zero-order valence-electron chi connectivity index (χ0n) is 12.0. The van der Waals surface area contributed by atoms with Gasteiger partial charge in [0.25, 0.3) is 0 Å². The van der Waals surface area contributed by atoms with Crippen molar-refractivity contribution in [2.24, 2.45) is 0 Å². The highest BCUT2D eigenvalue weighted by atomic mass is 19.1. The zero-order chi connectivity index (χ0) is 15.2. The molecule has 4 nitrogen and oxygen atoms in total. The number of nitriles is 1. The number of nitrogens with one attached hydrogen (secondary N) is 1. The maximum Gasteiger partial charge on any atom is 0.166 e. The Kier molecular flexibility index (Phi) is 5.32. The van der Waals surface area contributed by atoms with E-state index in [9.17, 15) is 9.50 Å². The molecule has 21 heavy (non-hydrogen) atoms. The van der Waals surface area contributed by atoms with Gasteiger partial charge in [0.05, 0.1) is 11.6 Å². The van der Waals surface area contributed by atoms with Crippen molar-refractivity contribution in [3.05, 3.63) is 41.7 Å². The van der Waals surface area contributed by atoms with Crippen LogP contribution in [0.5, 0.6) is 5.75 Å². The van der Waals surface area contributed by atoms with Crippen LogP contribution in [0.4, 0.5) is 4.39 Å². The molecule has 1 aromatic rings. The third kappa shape index (κ3) is 3.60. The van der Waals surface area contributed by atoms with Crippen LogP contribution in [0.2, 0.25) is 0 Å². The minimum atomic E-state index is -0.734. The van der Waals surface area contributed by atoms with Gasteiger partial charge in [-0.25, -0.2) is 4.39 Å². The van der Waals surface area contributed by atoms with E-state index in [-0.39, 0.29) is 17.4 Å². The normalized spacial score (nSPS) is 17.1. The number of rotatable bonds is 5. The standard InChI is InChI=1S/C16H20FN3O/c1-2-3-4-15(20-7-5-19-6-8-20)13-9-12(11-18)10-14(17)16(13)21/h2,9-10,15,19,21H,1,3-8H2/t15-/m0/s1. The van der Waals surface area contributed by atoms with Gasteiger partial charge in [0.2, 0.25) is 0 Å². The first kappa shape index (κ1) is 15.5. The molecule has 1 aliphatic heterocycles. The number of halogens is 1. The average molecular weight is 289 g/mol. The van der Waals surface area contributed by atoms with E-state index < -0.39 is 5.82 Å². The fraction of sp³-hybridized carbons (Fsp3) is 0.438. The van der Waals surface area contributed by atoms with Crippen LogP contribution in [0.15, 0.2) is 24.8 Å². The summed E-state index contributed by atoms with van der Waals surface area (Å²) in [7, 11) is 0. The van der Waals surface area contributed by atoms with E-state index in [2.05, 4.69) is 16.8 Å². The van der Waals surface area contributed by atoms with E-state index in [0.717, 1.165) is 45.1 Å². The highest BCUT2D eigenvalue weighted by Gasteiger charge is 2.25. The lowest BCUT2D eigenvalue weighted by molar-refractivity contribution is 0.163. The van der Waals surface area contributed by atoms with Crippen LogP contribution < -0.4 is 5.32 Å². The Morgan fingerprint density at radius 2 is 2.19 bits per heavy atom. The lowest BCUT2D eigenvalue weighted by Gasteiger charge is -2.35. The molecule has 1 aliphatic rings. The molecule has 0 unspecified atom stereocenters. The predicted molar refractivity (Wildman–Crippen MR) is 79.4 cm³/mol. The summed E-state index contributed by atoms with van der Waals surface area (Å²) in [6.07, 6.45) is 3.33. The minimum absolute atomic E-state index is 0.104. The van der Waals surface area contributed by atoms with Gasteiger partial charge in [0.15, 0.2) is 11.6 Å². The van der Waals surface area contributed by atoms with Crippen molar-refractivity contribution in [1.29, 1.82) is 5.26 Å². The third-order valence-electron chi connectivity index (χ3n) is 3.82. The second-order valence-corrected chi connectivity index (χ2v) is 5.18.